The third-order valence-electron chi connectivity index (χ3n) is 1.89. The van der Waals surface area contributed by atoms with Crippen molar-refractivity contribution in [2.75, 3.05) is 7.11 Å². The maximum absolute atomic E-state index is 11.3. The first-order chi connectivity index (χ1) is 7.82. The molecule has 0 unspecified atom stereocenters. The van der Waals surface area contributed by atoms with Crippen molar-refractivity contribution in [2.45, 2.75) is 4.90 Å². The first-order valence-electron chi connectivity index (χ1n) is 4.08. The van der Waals surface area contributed by atoms with Crippen LogP contribution >= 0.6 is 10.7 Å². The Balaban J connectivity index is 3.79. The second kappa shape index (κ2) is 4.68. The topological polar surface area (TPSA) is 104 Å². The lowest BCUT2D eigenvalue weighted by Gasteiger charge is -2.07. The Morgan fingerprint density at radius 3 is 2.41 bits per heavy atom. The predicted molar refractivity (Wildman–Crippen MR) is 58.1 cm³/mol. The first-order valence-corrected chi connectivity index (χ1v) is 6.39. The normalized spacial score (nSPS) is 10.9. The van der Waals surface area contributed by atoms with E-state index in [9.17, 15) is 23.3 Å². The van der Waals surface area contributed by atoms with E-state index in [-0.39, 0.29) is 11.8 Å². The summed E-state index contributed by atoms with van der Waals surface area (Å²) in [5, 5.41) is 10.7. The van der Waals surface area contributed by atoms with Gasteiger partial charge in [-0.2, -0.15) is 0 Å². The fourth-order valence-corrected chi connectivity index (χ4v) is 2.54. The predicted octanol–water partition coefficient (Wildman–Crippen LogP) is 1.34. The third-order valence-corrected chi connectivity index (χ3v) is 3.27. The molecule has 17 heavy (non-hydrogen) atoms. The highest BCUT2D eigenvalue weighted by molar-refractivity contribution is 8.13. The van der Waals surface area contributed by atoms with Crippen molar-refractivity contribution in [3.8, 4) is 5.75 Å². The molecular formula is C8H6ClNO6S. The minimum Gasteiger partial charge on any atom is -0.489 e. The summed E-state index contributed by atoms with van der Waals surface area (Å²) in [5.41, 5.74) is -0.889. The summed E-state index contributed by atoms with van der Waals surface area (Å²) in [7, 11) is 1.83. The van der Waals surface area contributed by atoms with Gasteiger partial charge in [0.2, 0.25) is 5.75 Å². The summed E-state index contributed by atoms with van der Waals surface area (Å²) >= 11 is 0. The van der Waals surface area contributed by atoms with Gasteiger partial charge in [-0.15, -0.1) is 0 Å². The molecule has 1 rings (SSSR count). The molecule has 0 radical (unpaired) electrons. The molecule has 0 bridgehead atoms. The molecule has 7 nitrogen and oxygen atoms in total. The van der Waals surface area contributed by atoms with Crippen molar-refractivity contribution in [2.24, 2.45) is 0 Å². The number of hydrogen-bond acceptors (Lipinski definition) is 6. The Morgan fingerprint density at radius 2 is 2.06 bits per heavy atom. The molecule has 0 aromatic heterocycles. The standard InChI is InChI=1S/C8H6ClNO6S/c1-16-7-6(10(12)13)3-2-5(4-11)8(7)17(9,14)15/h2-4H,1H3. The van der Waals surface area contributed by atoms with E-state index in [1.54, 1.807) is 0 Å². The first kappa shape index (κ1) is 13.4. The van der Waals surface area contributed by atoms with Gasteiger partial charge >= 0.3 is 5.69 Å². The lowest BCUT2D eigenvalue weighted by molar-refractivity contribution is -0.386. The summed E-state index contributed by atoms with van der Waals surface area (Å²) in [5.74, 6) is -0.561. The van der Waals surface area contributed by atoms with Crippen LogP contribution in [0.3, 0.4) is 0 Å². The second-order valence-corrected chi connectivity index (χ2v) is 5.35. The summed E-state index contributed by atoms with van der Waals surface area (Å²) in [6, 6.07) is 1.96. The summed E-state index contributed by atoms with van der Waals surface area (Å²) in [6.45, 7) is 0. The number of halogens is 1. The van der Waals surface area contributed by atoms with Gasteiger partial charge in [-0.05, 0) is 6.07 Å². The molecule has 0 fully saturated rings. The minimum atomic E-state index is -4.33. The fraction of sp³-hybridized carbons (Fsp3) is 0.125. The van der Waals surface area contributed by atoms with Crippen molar-refractivity contribution in [3.05, 3.63) is 27.8 Å². The highest BCUT2D eigenvalue weighted by Crippen LogP contribution is 2.37. The SMILES string of the molecule is COc1c([N+](=O)[O-])ccc(C=O)c1S(=O)(=O)Cl. The van der Waals surface area contributed by atoms with Crippen LogP contribution in [-0.4, -0.2) is 26.7 Å². The molecule has 92 valence electrons. The zero-order chi connectivity index (χ0) is 13.2. The summed E-state index contributed by atoms with van der Waals surface area (Å²) in [6.07, 6.45) is 0.224. The Bertz CT molecular complexity index is 582. The molecule has 0 aliphatic rings. The average molecular weight is 280 g/mol. The zero-order valence-electron chi connectivity index (χ0n) is 8.41. The molecule has 0 heterocycles. The molecule has 0 aliphatic carbocycles. The average Bonchev–Trinajstić information content (AvgIpc) is 2.25. The number of nitrogens with zero attached hydrogens (tertiary/aromatic N) is 1. The van der Waals surface area contributed by atoms with E-state index in [2.05, 4.69) is 4.74 Å². The number of hydrogen-bond donors (Lipinski definition) is 0. The molecule has 0 aliphatic heterocycles. The van der Waals surface area contributed by atoms with E-state index >= 15 is 0 Å². The Hall–Kier alpha value is -1.67. The number of carbonyl (C=O) groups is 1. The number of carbonyl (C=O) groups excluding carboxylic acids is 1. The highest BCUT2D eigenvalue weighted by atomic mass is 35.7. The number of benzene rings is 1. The van der Waals surface area contributed by atoms with Crippen LogP contribution in [0.2, 0.25) is 0 Å². The molecule has 0 atom stereocenters. The molecule has 1 aromatic carbocycles. The van der Waals surface area contributed by atoms with E-state index in [4.69, 9.17) is 10.7 Å². The van der Waals surface area contributed by atoms with Gasteiger partial charge in [0, 0.05) is 22.3 Å². The van der Waals surface area contributed by atoms with E-state index in [1.807, 2.05) is 0 Å². The van der Waals surface area contributed by atoms with E-state index in [0.717, 1.165) is 19.2 Å². The number of rotatable bonds is 4. The van der Waals surface area contributed by atoms with Crippen molar-refractivity contribution in [1.82, 2.24) is 0 Å². The van der Waals surface area contributed by atoms with Gasteiger partial charge in [0.05, 0.1) is 12.0 Å². The molecule has 0 spiro atoms. The zero-order valence-corrected chi connectivity index (χ0v) is 9.99. The van der Waals surface area contributed by atoms with Crippen LogP contribution in [0.5, 0.6) is 5.75 Å². The number of nitro benzene ring substituents is 1. The highest BCUT2D eigenvalue weighted by Gasteiger charge is 2.29. The van der Waals surface area contributed by atoms with E-state index in [1.165, 1.54) is 0 Å². The molecule has 0 saturated heterocycles. The van der Waals surface area contributed by atoms with Gasteiger partial charge in [-0.3, -0.25) is 14.9 Å². The number of nitro groups is 1. The quantitative estimate of drug-likeness (QED) is 0.356. The molecule has 0 amide bonds. The molecular weight excluding hydrogens is 274 g/mol. The van der Waals surface area contributed by atoms with Gasteiger partial charge in [0.25, 0.3) is 9.05 Å². The van der Waals surface area contributed by atoms with Crippen molar-refractivity contribution in [1.29, 1.82) is 0 Å². The van der Waals surface area contributed by atoms with Gasteiger partial charge in [0.1, 0.15) is 4.90 Å². The lowest BCUT2D eigenvalue weighted by Crippen LogP contribution is -2.04. The van der Waals surface area contributed by atoms with Gasteiger partial charge in [-0.1, -0.05) is 0 Å². The van der Waals surface area contributed by atoms with Crippen LogP contribution in [0.25, 0.3) is 0 Å². The van der Waals surface area contributed by atoms with Gasteiger partial charge < -0.3 is 4.74 Å². The number of aldehydes is 1. The van der Waals surface area contributed by atoms with Crippen molar-refractivity contribution >= 4 is 31.7 Å². The van der Waals surface area contributed by atoms with Crippen LogP contribution in [-0.2, 0) is 9.05 Å². The van der Waals surface area contributed by atoms with Gasteiger partial charge in [0.15, 0.2) is 6.29 Å². The third kappa shape index (κ3) is 2.53. The fourth-order valence-electron chi connectivity index (χ4n) is 1.25. The monoisotopic (exact) mass is 279 g/mol. The Labute approximate surface area is 101 Å². The van der Waals surface area contributed by atoms with E-state index in [0.29, 0.717) is 0 Å². The van der Waals surface area contributed by atoms with Crippen LogP contribution in [0.15, 0.2) is 17.0 Å². The molecule has 0 N–H and O–H groups in total. The smallest absolute Gasteiger partial charge is 0.312 e. The summed E-state index contributed by atoms with van der Waals surface area (Å²) < 4.78 is 27.2. The van der Waals surface area contributed by atoms with Crippen molar-refractivity contribution < 1.29 is 22.9 Å². The molecule has 0 saturated carbocycles. The largest absolute Gasteiger partial charge is 0.489 e. The van der Waals surface area contributed by atoms with Gasteiger partial charge in [-0.25, -0.2) is 8.42 Å². The maximum atomic E-state index is 11.3. The van der Waals surface area contributed by atoms with Crippen LogP contribution in [0.4, 0.5) is 5.69 Å². The Morgan fingerprint density at radius 1 is 1.47 bits per heavy atom. The second-order valence-electron chi connectivity index (χ2n) is 2.85. The number of methoxy groups -OCH3 is 1. The van der Waals surface area contributed by atoms with Crippen LogP contribution < -0.4 is 4.74 Å². The molecule has 1 aromatic rings. The maximum Gasteiger partial charge on any atom is 0.312 e. The number of ether oxygens (including phenoxy) is 1. The van der Waals surface area contributed by atoms with Crippen molar-refractivity contribution in [3.63, 3.8) is 0 Å². The summed E-state index contributed by atoms with van der Waals surface area (Å²) in [4.78, 5) is 19.8. The molecule has 9 heteroatoms. The van der Waals surface area contributed by atoms with Crippen LogP contribution in [0.1, 0.15) is 10.4 Å². The van der Waals surface area contributed by atoms with E-state index < -0.39 is 30.3 Å². The van der Waals surface area contributed by atoms with Crippen LogP contribution in [0, 0.1) is 10.1 Å². The lowest BCUT2D eigenvalue weighted by atomic mass is 10.2. The Kier molecular flexibility index (Phi) is 3.69. The minimum absolute atomic E-state index is 0.224.